The number of fused-ring (bicyclic) bond motifs is 5. The zero-order valence-corrected chi connectivity index (χ0v) is 39.9. The summed E-state index contributed by atoms with van der Waals surface area (Å²) in [6.07, 6.45) is 45.4. The third kappa shape index (κ3) is 16.1. The van der Waals surface area contributed by atoms with Crippen LogP contribution in [0.1, 0.15) is 202 Å². The first-order chi connectivity index (χ1) is 28.1. The zero-order chi connectivity index (χ0) is 41.6. The van der Waals surface area contributed by atoms with Crippen LogP contribution < -0.4 is 0 Å². The Morgan fingerprint density at radius 2 is 1.45 bits per heavy atom. The standard InChI is InChI=1S/C54H97NO3/c1-9-10-11-12-13-14-15-16-17-18-19-20-21-22-23-24-38-56-43-48(42-55(7)8)58-40-26-25-39-57-47-34-36-53(5)46(41-47)30-31-49-51-33-32-50(45(4)29-27-28-44(2)3)54(51,6)37-35-52(49)53/h13-14,16-17,30,44-45,47-52H,9-12,15,18-29,31-43H2,1-8H3/b14-13-,17-16-/t45-,47?,48?,49+,50-,51+,52+,53+,54-/m1/s1. The van der Waals surface area contributed by atoms with Crippen molar-refractivity contribution in [1.82, 2.24) is 4.90 Å². The third-order valence-corrected chi connectivity index (χ3v) is 15.9. The summed E-state index contributed by atoms with van der Waals surface area (Å²) in [4.78, 5) is 2.23. The summed E-state index contributed by atoms with van der Waals surface area (Å²) in [5.74, 6) is 5.43. The number of unbranched alkanes of at least 4 members (excludes halogenated alkanes) is 10. The van der Waals surface area contributed by atoms with Crippen molar-refractivity contribution in [1.29, 1.82) is 0 Å². The van der Waals surface area contributed by atoms with E-state index in [1.165, 1.54) is 135 Å². The largest absolute Gasteiger partial charge is 0.379 e. The van der Waals surface area contributed by atoms with Crippen molar-refractivity contribution < 1.29 is 14.2 Å². The zero-order valence-electron chi connectivity index (χ0n) is 39.9. The molecule has 0 radical (unpaired) electrons. The molecule has 3 fully saturated rings. The Morgan fingerprint density at radius 1 is 0.741 bits per heavy atom. The first-order valence-electron chi connectivity index (χ1n) is 25.5. The minimum absolute atomic E-state index is 0.143. The normalized spacial score (nSPS) is 29.6. The molecular formula is C54H97NO3. The topological polar surface area (TPSA) is 30.9 Å². The minimum atomic E-state index is 0.143. The Balaban J connectivity index is 1.04. The molecule has 4 aliphatic carbocycles. The van der Waals surface area contributed by atoms with Gasteiger partial charge in [0.25, 0.3) is 0 Å². The molecule has 0 N–H and O–H groups in total. The Labute approximate surface area is 361 Å². The molecular weight excluding hydrogens is 711 g/mol. The van der Waals surface area contributed by atoms with Crippen LogP contribution in [-0.4, -0.2) is 64.2 Å². The van der Waals surface area contributed by atoms with Gasteiger partial charge >= 0.3 is 0 Å². The van der Waals surface area contributed by atoms with Crippen LogP contribution in [-0.2, 0) is 14.2 Å². The molecule has 0 amide bonds. The van der Waals surface area contributed by atoms with Crippen molar-refractivity contribution in [2.24, 2.45) is 46.3 Å². The highest BCUT2D eigenvalue weighted by atomic mass is 16.5. The van der Waals surface area contributed by atoms with E-state index in [-0.39, 0.29) is 6.10 Å². The number of hydrogen-bond acceptors (Lipinski definition) is 4. The van der Waals surface area contributed by atoms with E-state index in [4.69, 9.17) is 14.2 Å². The second kappa shape index (κ2) is 27.2. The van der Waals surface area contributed by atoms with Gasteiger partial charge in [-0.15, -0.1) is 0 Å². The second-order valence-electron chi connectivity index (χ2n) is 21.1. The molecule has 0 spiro atoms. The monoisotopic (exact) mass is 808 g/mol. The van der Waals surface area contributed by atoms with Crippen molar-refractivity contribution in [2.75, 3.05) is 47.1 Å². The van der Waals surface area contributed by atoms with Gasteiger partial charge in [-0.25, -0.2) is 0 Å². The second-order valence-corrected chi connectivity index (χ2v) is 21.1. The lowest BCUT2D eigenvalue weighted by Crippen LogP contribution is -2.51. The molecule has 2 unspecified atom stereocenters. The van der Waals surface area contributed by atoms with E-state index < -0.39 is 0 Å². The Kier molecular flexibility index (Phi) is 23.3. The molecule has 3 saturated carbocycles. The van der Waals surface area contributed by atoms with Crippen molar-refractivity contribution >= 4 is 0 Å². The van der Waals surface area contributed by atoms with Crippen molar-refractivity contribution in [3.05, 3.63) is 36.0 Å². The summed E-state index contributed by atoms with van der Waals surface area (Å²) in [7, 11) is 4.27. The summed E-state index contributed by atoms with van der Waals surface area (Å²) in [6.45, 7) is 19.2. The van der Waals surface area contributed by atoms with E-state index in [1.54, 1.807) is 5.57 Å². The molecule has 4 heteroatoms. The number of rotatable bonds is 31. The van der Waals surface area contributed by atoms with Crippen LogP contribution in [0.2, 0.25) is 0 Å². The number of hydrogen-bond donors (Lipinski definition) is 0. The highest BCUT2D eigenvalue weighted by molar-refractivity contribution is 5.25. The molecule has 0 aromatic heterocycles. The van der Waals surface area contributed by atoms with Gasteiger partial charge < -0.3 is 19.1 Å². The molecule has 0 aliphatic heterocycles. The van der Waals surface area contributed by atoms with Crippen molar-refractivity contribution in [2.45, 2.75) is 214 Å². The van der Waals surface area contributed by atoms with Gasteiger partial charge in [-0.3, -0.25) is 0 Å². The van der Waals surface area contributed by atoms with E-state index in [0.717, 1.165) is 87.6 Å². The predicted molar refractivity (Wildman–Crippen MR) is 250 cm³/mol. The smallest absolute Gasteiger partial charge is 0.0934 e. The van der Waals surface area contributed by atoms with Crippen LogP contribution in [0, 0.1) is 46.3 Å². The van der Waals surface area contributed by atoms with Gasteiger partial charge in [0.15, 0.2) is 0 Å². The van der Waals surface area contributed by atoms with Gasteiger partial charge in [-0.2, -0.15) is 0 Å². The fraction of sp³-hybridized carbons (Fsp3) is 0.889. The molecule has 4 aliphatic rings. The molecule has 4 nitrogen and oxygen atoms in total. The molecule has 0 saturated heterocycles. The van der Waals surface area contributed by atoms with Crippen molar-refractivity contribution in [3.63, 3.8) is 0 Å². The van der Waals surface area contributed by atoms with Gasteiger partial charge in [0.05, 0.1) is 18.8 Å². The molecule has 9 atom stereocenters. The molecule has 4 rings (SSSR count). The van der Waals surface area contributed by atoms with Crippen LogP contribution >= 0.6 is 0 Å². The first kappa shape index (κ1) is 49.7. The number of ether oxygens (including phenoxy) is 3. The average Bonchev–Trinajstić information content (AvgIpc) is 3.55. The Morgan fingerprint density at radius 3 is 2.19 bits per heavy atom. The van der Waals surface area contributed by atoms with Gasteiger partial charge in [-0.05, 0) is 163 Å². The van der Waals surface area contributed by atoms with E-state index in [9.17, 15) is 0 Å². The molecule has 0 heterocycles. The van der Waals surface area contributed by atoms with Crippen molar-refractivity contribution in [3.8, 4) is 0 Å². The molecule has 0 bridgehead atoms. The Bertz CT molecular complexity index is 1170. The highest BCUT2D eigenvalue weighted by Crippen LogP contribution is 2.67. The fourth-order valence-electron chi connectivity index (χ4n) is 12.5. The summed E-state index contributed by atoms with van der Waals surface area (Å²) in [5.41, 5.74) is 2.74. The van der Waals surface area contributed by atoms with Crippen LogP contribution in [0.5, 0.6) is 0 Å². The van der Waals surface area contributed by atoms with Gasteiger partial charge in [0.1, 0.15) is 0 Å². The maximum atomic E-state index is 6.59. The van der Waals surface area contributed by atoms with Crippen LogP contribution in [0.15, 0.2) is 36.0 Å². The van der Waals surface area contributed by atoms with Gasteiger partial charge in [0.2, 0.25) is 0 Å². The lowest BCUT2D eigenvalue weighted by molar-refractivity contribution is -0.0648. The maximum Gasteiger partial charge on any atom is 0.0934 e. The lowest BCUT2D eigenvalue weighted by Gasteiger charge is -2.58. The van der Waals surface area contributed by atoms with E-state index >= 15 is 0 Å². The molecule has 0 aromatic rings. The fourth-order valence-corrected chi connectivity index (χ4v) is 12.5. The van der Waals surface area contributed by atoms with E-state index in [1.807, 2.05) is 0 Å². The highest BCUT2D eigenvalue weighted by Gasteiger charge is 2.59. The Hall–Kier alpha value is -0.940. The SMILES string of the molecule is CCCCC/C=C\C/C=C\CCCCCCCCOCC(CN(C)C)OCCCCOC1CC[C@@]2(C)C(=CC[C@H]3[C@@H]4CC[C@H]([C@H](C)CCCC(C)C)[C@@]4(C)CC[C@@H]32)C1. The molecule has 58 heavy (non-hydrogen) atoms. The van der Waals surface area contributed by atoms with Gasteiger partial charge in [0, 0.05) is 26.4 Å². The lowest BCUT2D eigenvalue weighted by atomic mass is 9.47. The molecule has 0 aromatic carbocycles. The average molecular weight is 808 g/mol. The minimum Gasteiger partial charge on any atom is -0.379 e. The van der Waals surface area contributed by atoms with E-state index in [0.29, 0.717) is 23.5 Å². The quantitative estimate of drug-likeness (QED) is 0.0516. The maximum absolute atomic E-state index is 6.59. The van der Waals surface area contributed by atoms with Crippen LogP contribution in [0.4, 0.5) is 0 Å². The third-order valence-electron chi connectivity index (χ3n) is 15.9. The summed E-state index contributed by atoms with van der Waals surface area (Å²) in [6, 6.07) is 0. The summed E-state index contributed by atoms with van der Waals surface area (Å²) >= 11 is 0. The predicted octanol–water partition coefficient (Wildman–Crippen LogP) is 15.0. The van der Waals surface area contributed by atoms with Gasteiger partial charge in [-0.1, -0.05) is 135 Å². The van der Waals surface area contributed by atoms with Crippen LogP contribution in [0.25, 0.3) is 0 Å². The van der Waals surface area contributed by atoms with E-state index in [2.05, 4.69) is 90.9 Å². The summed E-state index contributed by atoms with van der Waals surface area (Å²) in [5, 5.41) is 0. The first-order valence-corrected chi connectivity index (χ1v) is 25.5. The number of nitrogens with zero attached hydrogens (tertiary/aromatic N) is 1. The number of allylic oxidation sites excluding steroid dienone is 5. The summed E-state index contributed by atoms with van der Waals surface area (Å²) < 4.78 is 19.1. The molecule has 336 valence electrons. The van der Waals surface area contributed by atoms with Crippen LogP contribution in [0.3, 0.4) is 0 Å². The number of likely N-dealkylation sites (N-methyl/N-ethyl adjacent to an activating group) is 1.